The van der Waals surface area contributed by atoms with Crippen LogP contribution in [-0.4, -0.2) is 13.4 Å². The van der Waals surface area contributed by atoms with Crippen molar-refractivity contribution in [2.75, 3.05) is 19.6 Å². The first-order valence-electron chi connectivity index (χ1n) is 26.7. The van der Waals surface area contributed by atoms with Gasteiger partial charge in [-0.2, -0.15) is 0 Å². The van der Waals surface area contributed by atoms with E-state index in [1.807, 2.05) is 0 Å². The molecule has 0 aliphatic carbocycles. The normalized spacial score (nSPS) is 13.4. The van der Waals surface area contributed by atoms with Crippen molar-refractivity contribution in [2.24, 2.45) is 0 Å². The van der Waals surface area contributed by atoms with Gasteiger partial charge in [-0.1, -0.05) is 163 Å². The quantitative estimate of drug-likeness (QED) is 0.154. The van der Waals surface area contributed by atoms with Gasteiger partial charge in [0.2, 0.25) is 0 Å². The molecular formula is C70H52B2N4. The number of aryl methyl sites for hydroxylation is 4. The second kappa shape index (κ2) is 17.2. The minimum absolute atomic E-state index is 0.0774. The van der Waals surface area contributed by atoms with Gasteiger partial charge < -0.3 is 19.6 Å². The maximum absolute atomic E-state index is 2.63. The lowest BCUT2D eigenvalue weighted by molar-refractivity contribution is 1.23. The fourth-order valence-corrected chi connectivity index (χ4v) is 13.2. The Morgan fingerprint density at radius 2 is 0.566 bits per heavy atom. The monoisotopic (exact) mass is 970 g/mol. The van der Waals surface area contributed by atoms with Crippen LogP contribution in [0.25, 0.3) is 22.3 Å². The molecule has 0 unspecified atom stereocenters. The van der Waals surface area contributed by atoms with Crippen LogP contribution < -0.4 is 52.4 Å². The zero-order valence-electron chi connectivity index (χ0n) is 43.0. The van der Waals surface area contributed by atoms with Crippen LogP contribution in [0, 0.1) is 27.7 Å². The van der Waals surface area contributed by atoms with Gasteiger partial charge in [-0.05, 0) is 185 Å². The Bertz CT molecular complexity index is 3880. The van der Waals surface area contributed by atoms with E-state index in [0.717, 1.165) is 22.7 Å². The Morgan fingerprint density at radius 3 is 0.921 bits per heavy atom. The summed E-state index contributed by atoms with van der Waals surface area (Å²) >= 11 is 0. The summed E-state index contributed by atoms with van der Waals surface area (Å²) in [6, 6.07) is 91.3. The lowest BCUT2D eigenvalue weighted by atomic mass is 9.30. The number of nitrogens with zero attached hydrogens (tertiary/aromatic N) is 4. The summed E-state index contributed by atoms with van der Waals surface area (Å²) in [5, 5.41) is 0. The van der Waals surface area contributed by atoms with Crippen molar-refractivity contribution in [3.05, 3.63) is 265 Å². The summed E-state index contributed by atoms with van der Waals surface area (Å²) in [7, 11) is 0. The summed E-state index contributed by atoms with van der Waals surface area (Å²) in [6.45, 7) is 8.76. The fourth-order valence-electron chi connectivity index (χ4n) is 13.2. The fraction of sp³-hybridized carbons (Fsp3) is 0.0571. The molecule has 0 saturated heterocycles. The first kappa shape index (κ1) is 44.3. The summed E-state index contributed by atoms with van der Waals surface area (Å²) in [4.78, 5) is 10.2. The Balaban J connectivity index is 1.08. The highest BCUT2D eigenvalue weighted by molar-refractivity contribution is 7.03. The molecule has 4 heterocycles. The second-order valence-corrected chi connectivity index (χ2v) is 21.1. The van der Waals surface area contributed by atoms with Gasteiger partial charge in [0.15, 0.2) is 0 Å². The highest BCUT2D eigenvalue weighted by atomic mass is 15.2. The largest absolute Gasteiger partial charge is 0.311 e. The molecule has 0 spiro atoms. The van der Waals surface area contributed by atoms with Crippen molar-refractivity contribution in [3.63, 3.8) is 0 Å². The third-order valence-corrected chi connectivity index (χ3v) is 16.5. The van der Waals surface area contributed by atoms with Crippen LogP contribution in [0.2, 0.25) is 0 Å². The summed E-state index contributed by atoms with van der Waals surface area (Å²) in [6.07, 6.45) is 0. The van der Waals surface area contributed by atoms with Gasteiger partial charge in [-0.3, -0.25) is 0 Å². The number of fused-ring (bicyclic) bond motifs is 8. The highest BCUT2D eigenvalue weighted by Gasteiger charge is 2.48. The Hall–Kier alpha value is -9.25. The highest BCUT2D eigenvalue weighted by Crippen LogP contribution is 2.50. The summed E-state index contributed by atoms with van der Waals surface area (Å²) < 4.78 is 0. The van der Waals surface area contributed by atoms with Gasteiger partial charge in [-0.25, -0.2) is 0 Å². The molecular weight excluding hydrogens is 918 g/mol. The van der Waals surface area contributed by atoms with E-state index in [4.69, 9.17) is 0 Å². The number of para-hydroxylation sites is 6. The number of rotatable bonds is 6. The molecule has 358 valence electrons. The molecule has 0 bridgehead atoms. The van der Waals surface area contributed by atoms with Gasteiger partial charge in [-0.15, -0.1) is 0 Å². The molecule has 0 saturated carbocycles. The lowest BCUT2D eigenvalue weighted by Gasteiger charge is -2.47. The zero-order valence-corrected chi connectivity index (χ0v) is 43.0. The van der Waals surface area contributed by atoms with E-state index in [0.29, 0.717) is 0 Å². The van der Waals surface area contributed by atoms with Crippen molar-refractivity contribution in [2.45, 2.75) is 27.7 Å². The molecule has 4 aliphatic heterocycles. The van der Waals surface area contributed by atoms with Gasteiger partial charge in [0.25, 0.3) is 13.4 Å². The summed E-state index contributed by atoms with van der Waals surface area (Å²) in [5.41, 5.74) is 31.7. The van der Waals surface area contributed by atoms with Crippen molar-refractivity contribution in [1.29, 1.82) is 0 Å². The minimum Gasteiger partial charge on any atom is -0.311 e. The van der Waals surface area contributed by atoms with E-state index in [9.17, 15) is 0 Å². The predicted molar refractivity (Wildman–Crippen MR) is 324 cm³/mol. The van der Waals surface area contributed by atoms with E-state index < -0.39 is 0 Å². The molecule has 6 heteroatoms. The Kier molecular flexibility index (Phi) is 9.99. The van der Waals surface area contributed by atoms with Crippen LogP contribution in [0.15, 0.2) is 243 Å². The predicted octanol–water partition coefficient (Wildman–Crippen LogP) is 14.4. The lowest BCUT2D eigenvalue weighted by Crippen LogP contribution is -2.65. The van der Waals surface area contributed by atoms with Crippen LogP contribution >= 0.6 is 0 Å². The van der Waals surface area contributed by atoms with E-state index >= 15 is 0 Å². The second-order valence-electron chi connectivity index (χ2n) is 21.1. The maximum atomic E-state index is 2.63. The zero-order chi connectivity index (χ0) is 50.8. The third-order valence-electron chi connectivity index (χ3n) is 16.5. The van der Waals surface area contributed by atoms with Crippen molar-refractivity contribution >= 4 is 114 Å². The molecule has 76 heavy (non-hydrogen) atoms. The molecule has 0 fully saturated rings. The number of hydrogen-bond donors (Lipinski definition) is 0. The van der Waals surface area contributed by atoms with E-state index in [1.165, 1.54) is 123 Å². The minimum atomic E-state index is -0.0774. The molecule has 15 rings (SSSR count). The number of benzene rings is 11. The molecule has 11 aromatic rings. The van der Waals surface area contributed by atoms with E-state index in [1.54, 1.807) is 0 Å². The smallest absolute Gasteiger partial charge is 0.252 e. The average Bonchev–Trinajstić information content (AvgIpc) is 3.64. The van der Waals surface area contributed by atoms with Crippen molar-refractivity contribution in [1.82, 2.24) is 0 Å². The number of anilines is 12. The maximum Gasteiger partial charge on any atom is 0.252 e. The van der Waals surface area contributed by atoms with Crippen LogP contribution in [0.5, 0.6) is 0 Å². The Labute approximate surface area is 446 Å². The topological polar surface area (TPSA) is 13.0 Å². The van der Waals surface area contributed by atoms with Crippen molar-refractivity contribution < 1.29 is 0 Å². The molecule has 4 nitrogen and oxygen atoms in total. The SMILES string of the molecule is Cc1ccc(C)c(-c2cc3c4c(c2)N(c2ccccc2)c2cc5c(cc2B4c2ccccc2N3c2ccccc2)B2c3ccccc3N(c3ccccc3)c3cc(-c4cc(C)ccc4C)cc(c32)N5c2ccccc2)c1. The summed E-state index contributed by atoms with van der Waals surface area (Å²) in [5.74, 6) is 0. The van der Waals surface area contributed by atoms with Gasteiger partial charge in [0.05, 0.1) is 0 Å². The van der Waals surface area contributed by atoms with Crippen LogP contribution in [0.3, 0.4) is 0 Å². The van der Waals surface area contributed by atoms with Crippen LogP contribution in [0.4, 0.5) is 68.2 Å². The van der Waals surface area contributed by atoms with E-state index in [2.05, 4.69) is 290 Å². The molecule has 0 aromatic heterocycles. The third kappa shape index (κ3) is 6.66. The molecule has 11 aromatic carbocycles. The first-order chi connectivity index (χ1) is 37.4. The van der Waals surface area contributed by atoms with Crippen LogP contribution in [-0.2, 0) is 0 Å². The Morgan fingerprint density at radius 1 is 0.250 bits per heavy atom. The van der Waals surface area contributed by atoms with Crippen LogP contribution in [0.1, 0.15) is 22.3 Å². The van der Waals surface area contributed by atoms with Crippen molar-refractivity contribution in [3.8, 4) is 22.3 Å². The van der Waals surface area contributed by atoms with Gasteiger partial charge >= 0.3 is 0 Å². The molecule has 0 atom stereocenters. The first-order valence-corrected chi connectivity index (χ1v) is 26.7. The average molecular weight is 971 g/mol. The van der Waals surface area contributed by atoms with Gasteiger partial charge in [0, 0.05) is 68.2 Å². The molecule has 0 amide bonds. The van der Waals surface area contributed by atoms with E-state index in [-0.39, 0.29) is 13.4 Å². The number of hydrogen-bond acceptors (Lipinski definition) is 4. The molecule has 4 aliphatic rings. The van der Waals surface area contributed by atoms with Gasteiger partial charge in [0.1, 0.15) is 0 Å². The molecule has 0 N–H and O–H groups in total. The molecule has 0 radical (unpaired) electrons. The standard InChI is InChI=1S/C70H52B2N4/c1-45-33-35-47(3)55(37-45)49-39-65-69-67(41-49)75(53-25-13-7-14-26-53)63-44-64-60(43-59(63)71(69)57-29-17-19-31-61(57)73(65)51-21-9-5-10-22-51)72-58-30-18-20-32-62(58)74(52-23-11-6-12-24-52)66-40-50(56-38-46(2)34-36-48(56)4)42-68(70(66)72)76(64)54-27-15-8-16-28-54/h5-44H,1-4H3.